The van der Waals surface area contributed by atoms with Crippen molar-refractivity contribution in [2.24, 2.45) is 0 Å². The summed E-state index contributed by atoms with van der Waals surface area (Å²) in [6.45, 7) is 6.17. The van der Waals surface area contributed by atoms with Crippen molar-refractivity contribution in [2.45, 2.75) is 0 Å². The fraction of sp³-hybridized carbons (Fsp3) is 0. The van der Waals surface area contributed by atoms with E-state index in [1.165, 1.54) is 0 Å². The zero-order valence-electron chi connectivity index (χ0n) is 8.04. The molecule has 0 fully saturated rings. The largest absolute Gasteiger partial charge is 0.451 e. The Balaban J connectivity index is 2.96. The number of ether oxygens (including phenoxy) is 1. The van der Waals surface area contributed by atoms with Gasteiger partial charge < -0.3 is 4.74 Å². The molecule has 0 atom stereocenters. The standard InChI is InChI=1S/C12H10F2O/c1-3-11(14)12(9(2)13)15-10-7-5-4-6-8-10/h3-8H,1-2H2. The minimum atomic E-state index is -0.976. The number of hydrogen-bond acceptors (Lipinski definition) is 1. The number of rotatable bonds is 4. The van der Waals surface area contributed by atoms with Gasteiger partial charge in [-0.15, -0.1) is 0 Å². The first kappa shape index (κ1) is 11.2. The average molecular weight is 208 g/mol. The van der Waals surface area contributed by atoms with E-state index in [-0.39, 0.29) is 0 Å². The highest BCUT2D eigenvalue weighted by Gasteiger charge is 2.10. The van der Waals surface area contributed by atoms with Crippen LogP contribution in [0.2, 0.25) is 0 Å². The number of benzene rings is 1. The van der Waals surface area contributed by atoms with Crippen molar-refractivity contribution >= 4 is 0 Å². The maximum Gasteiger partial charge on any atom is 0.197 e. The van der Waals surface area contributed by atoms with Crippen molar-refractivity contribution in [3.8, 4) is 5.75 Å². The van der Waals surface area contributed by atoms with Crippen LogP contribution in [0.5, 0.6) is 5.75 Å². The van der Waals surface area contributed by atoms with Gasteiger partial charge in [-0.25, -0.2) is 8.78 Å². The molecular weight excluding hydrogens is 198 g/mol. The van der Waals surface area contributed by atoms with Crippen LogP contribution >= 0.6 is 0 Å². The van der Waals surface area contributed by atoms with Gasteiger partial charge in [0.25, 0.3) is 0 Å². The Hall–Kier alpha value is -1.90. The second-order valence-electron chi connectivity index (χ2n) is 2.70. The SMILES string of the molecule is C=CC(F)=C(Oc1ccccc1)C(=C)F. The van der Waals surface area contributed by atoms with Gasteiger partial charge in [0.2, 0.25) is 0 Å². The molecule has 1 nitrogen and oxygen atoms in total. The molecular formula is C12H10F2O. The highest BCUT2D eigenvalue weighted by Crippen LogP contribution is 2.21. The molecule has 0 saturated heterocycles. The minimum absolute atomic E-state index is 0.336. The molecule has 78 valence electrons. The third-order valence-corrected chi connectivity index (χ3v) is 1.61. The van der Waals surface area contributed by atoms with Gasteiger partial charge in [0.15, 0.2) is 17.4 Å². The molecule has 0 aliphatic rings. The van der Waals surface area contributed by atoms with Crippen LogP contribution in [-0.4, -0.2) is 0 Å². The Morgan fingerprint density at radius 1 is 1.20 bits per heavy atom. The third kappa shape index (κ3) is 3.06. The smallest absolute Gasteiger partial charge is 0.197 e. The van der Waals surface area contributed by atoms with E-state index in [4.69, 9.17) is 4.74 Å². The first-order chi connectivity index (χ1) is 7.15. The van der Waals surface area contributed by atoms with E-state index < -0.39 is 17.4 Å². The van der Waals surface area contributed by atoms with Crippen molar-refractivity contribution < 1.29 is 13.5 Å². The molecule has 0 aliphatic heterocycles. The molecule has 0 N–H and O–H groups in total. The summed E-state index contributed by atoms with van der Waals surface area (Å²) in [5.74, 6) is -2.07. The van der Waals surface area contributed by atoms with E-state index >= 15 is 0 Å². The lowest BCUT2D eigenvalue weighted by molar-refractivity contribution is 0.382. The molecule has 0 spiro atoms. The predicted molar refractivity (Wildman–Crippen MR) is 55.6 cm³/mol. The molecule has 0 unspecified atom stereocenters. The predicted octanol–water partition coefficient (Wildman–Crippen LogP) is 3.92. The van der Waals surface area contributed by atoms with Crippen molar-refractivity contribution in [3.05, 3.63) is 67.0 Å². The van der Waals surface area contributed by atoms with E-state index in [9.17, 15) is 8.78 Å². The summed E-state index contributed by atoms with van der Waals surface area (Å²) < 4.78 is 30.9. The number of allylic oxidation sites excluding steroid dienone is 3. The molecule has 1 rings (SSSR count). The Bertz CT molecular complexity index is 393. The first-order valence-corrected chi connectivity index (χ1v) is 4.25. The maximum absolute atomic E-state index is 13.1. The van der Waals surface area contributed by atoms with Crippen LogP contribution in [0.4, 0.5) is 8.78 Å². The summed E-state index contributed by atoms with van der Waals surface area (Å²) in [6.07, 6.45) is 0.864. The van der Waals surface area contributed by atoms with Crippen LogP contribution in [-0.2, 0) is 0 Å². The van der Waals surface area contributed by atoms with E-state index in [2.05, 4.69) is 13.2 Å². The summed E-state index contributed by atoms with van der Waals surface area (Å²) >= 11 is 0. The molecule has 15 heavy (non-hydrogen) atoms. The van der Waals surface area contributed by atoms with E-state index in [1.807, 2.05) is 0 Å². The van der Waals surface area contributed by atoms with Gasteiger partial charge in [0, 0.05) is 0 Å². The van der Waals surface area contributed by atoms with E-state index in [0.717, 1.165) is 6.08 Å². The summed E-state index contributed by atoms with van der Waals surface area (Å²) in [4.78, 5) is 0. The van der Waals surface area contributed by atoms with Gasteiger partial charge in [-0.3, -0.25) is 0 Å². The molecule has 0 saturated carbocycles. The Kier molecular flexibility index (Phi) is 3.80. The minimum Gasteiger partial charge on any atom is -0.451 e. The summed E-state index contributed by atoms with van der Waals surface area (Å²) in [5.41, 5.74) is 0. The second kappa shape index (κ2) is 5.10. The number of halogens is 2. The topological polar surface area (TPSA) is 9.23 Å². The Morgan fingerprint density at radius 2 is 1.80 bits per heavy atom. The molecule has 0 radical (unpaired) electrons. The van der Waals surface area contributed by atoms with E-state index in [0.29, 0.717) is 5.75 Å². The lowest BCUT2D eigenvalue weighted by Crippen LogP contribution is -1.97. The van der Waals surface area contributed by atoms with Crippen LogP contribution < -0.4 is 4.74 Å². The van der Waals surface area contributed by atoms with Crippen molar-refractivity contribution in [1.82, 2.24) is 0 Å². The Labute approximate surface area is 87.0 Å². The van der Waals surface area contributed by atoms with Crippen LogP contribution in [0.3, 0.4) is 0 Å². The quantitative estimate of drug-likeness (QED) is 0.538. The lowest BCUT2D eigenvalue weighted by atomic mass is 10.3. The van der Waals surface area contributed by atoms with Crippen LogP contribution in [0.25, 0.3) is 0 Å². The van der Waals surface area contributed by atoms with Crippen LogP contribution in [0.1, 0.15) is 0 Å². The van der Waals surface area contributed by atoms with Crippen LogP contribution in [0.15, 0.2) is 67.0 Å². The second-order valence-corrected chi connectivity index (χ2v) is 2.70. The summed E-state index contributed by atoms with van der Waals surface area (Å²) in [6, 6.07) is 8.32. The normalized spacial score (nSPS) is 11.6. The van der Waals surface area contributed by atoms with Crippen molar-refractivity contribution in [2.75, 3.05) is 0 Å². The van der Waals surface area contributed by atoms with Gasteiger partial charge in [0.1, 0.15) is 5.75 Å². The molecule has 1 aromatic carbocycles. The lowest BCUT2D eigenvalue weighted by Gasteiger charge is -2.07. The molecule has 0 amide bonds. The molecule has 0 aliphatic carbocycles. The monoisotopic (exact) mass is 208 g/mol. The zero-order chi connectivity index (χ0) is 11.3. The highest BCUT2D eigenvalue weighted by molar-refractivity contribution is 5.32. The average Bonchev–Trinajstić information content (AvgIpc) is 2.26. The van der Waals surface area contributed by atoms with Gasteiger partial charge in [0.05, 0.1) is 0 Å². The number of para-hydroxylation sites is 1. The third-order valence-electron chi connectivity index (χ3n) is 1.61. The first-order valence-electron chi connectivity index (χ1n) is 4.25. The molecule has 0 aromatic heterocycles. The van der Waals surface area contributed by atoms with Crippen molar-refractivity contribution in [1.29, 1.82) is 0 Å². The highest BCUT2D eigenvalue weighted by atomic mass is 19.1. The summed E-state index contributed by atoms with van der Waals surface area (Å²) in [7, 11) is 0. The van der Waals surface area contributed by atoms with E-state index in [1.54, 1.807) is 30.3 Å². The zero-order valence-corrected chi connectivity index (χ0v) is 8.04. The Morgan fingerprint density at radius 3 is 2.27 bits per heavy atom. The molecule has 0 heterocycles. The molecule has 0 bridgehead atoms. The molecule has 1 aromatic rings. The summed E-state index contributed by atoms with van der Waals surface area (Å²) in [5, 5.41) is 0. The fourth-order valence-corrected chi connectivity index (χ4v) is 0.933. The fourth-order valence-electron chi connectivity index (χ4n) is 0.933. The maximum atomic E-state index is 13.1. The van der Waals surface area contributed by atoms with Crippen LogP contribution in [0, 0.1) is 0 Å². The molecule has 3 heteroatoms. The van der Waals surface area contributed by atoms with Gasteiger partial charge in [-0.05, 0) is 18.2 Å². The van der Waals surface area contributed by atoms with Crippen molar-refractivity contribution in [3.63, 3.8) is 0 Å². The van der Waals surface area contributed by atoms with Gasteiger partial charge >= 0.3 is 0 Å². The number of hydrogen-bond donors (Lipinski definition) is 0. The van der Waals surface area contributed by atoms with Gasteiger partial charge in [-0.1, -0.05) is 31.4 Å². The van der Waals surface area contributed by atoms with Gasteiger partial charge in [-0.2, -0.15) is 0 Å².